The van der Waals surface area contributed by atoms with Gasteiger partial charge in [-0.05, 0) is 45.2 Å². The molecule has 1 aromatic carbocycles. The summed E-state index contributed by atoms with van der Waals surface area (Å²) in [5.41, 5.74) is 2.27. The number of rotatable bonds is 2. The second kappa shape index (κ2) is 5.44. The minimum absolute atomic E-state index is 0.261. The molecule has 3 rings (SSSR count). The monoisotopic (exact) mass is 283 g/mol. The van der Waals surface area contributed by atoms with Crippen LogP contribution in [0.2, 0.25) is 0 Å². The molecule has 3 nitrogen and oxygen atoms in total. The van der Waals surface area contributed by atoms with E-state index in [4.69, 9.17) is 0 Å². The van der Waals surface area contributed by atoms with E-state index in [1.165, 1.54) is 18.4 Å². The highest BCUT2D eigenvalue weighted by molar-refractivity contribution is 5.37. The van der Waals surface area contributed by atoms with Gasteiger partial charge in [0.25, 0.3) is 0 Å². The molecule has 112 valence electrons. The van der Waals surface area contributed by atoms with Crippen molar-refractivity contribution < 1.29 is 0 Å². The van der Waals surface area contributed by atoms with Gasteiger partial charge in [0.2, 0.25) is 0 Å². The van der Waals surface area contributed by atoms with Gasteiger partial charge in [0.05, 0.1) is 11.6 Å². The number of hydrogen-bond acceptors (Lipinski definition) is 3. The largest absolute Gasteiger partial charge is 0.295 e. The van der Waals surface area contributed by atoms with Crippen molar-refractivity contribution in [1.82, 2.24) is 9.80 Å². The van der Waals surface area contributed by atoms with E-state index in [1.807, 2.05) is 18.2 Å². The van der Waals surface area contributed by atoms with E-state index < -0.39 is 0 Å². The maximum absolute atomic E-state index is 9.27. The van der Waals surface area contributed by atoms with Crippen molar-refractivity contribution >= 4 is 0 Å². The van der Waals surface area contributed by atoms with Crippen LogP contribution >= 0.6 is 0 Å². The maximum atomic E-state index is 9.27. The molecule has 0 aliphatic carbocycles. The Labute approximate surface area is 128 Å². The SMILES string of the molecule is CC(C)(C)N1CC2CCC(C1)N2Cc1ccccc1C#N. The lowest BCUT2D eigenvalue weighted by atomic mass is 10.0. The number of piperazine rings is 1. The molecule has 2 fully saturated rings. The van der Waals surface area contributed by atoms with Crippen molar-refractivity contribution in [2.75, 3.05) is 13.1 Å². The van der Waals surface area contributed by atoms with Gasteiger partial charge in [0.15, 0.2) is 0 Å². The van der Waals surface area contributed by atoms with E-state index in [1.54, 1.807) is 0 Å². The zero-order valence-electron chi connectivity index (χ0n) is 13.3. The molecule has 0 amide bonds. The highest BCUT2D eigenvalue weighted by atomic mass is 15.3. The van der Waals surface area contributed by atoms with Crippen LogP contribution in [0.4, 0.5) is 0 Å². The fourth-order valence-electron chi connectivity index (χ4n) is 3.76. The quantitative estimate of drug-likeness (QED) is 0.836. The van der Waals surface area contributed by atoms with Gasteiger partial charge < -0.3 is 0 Å². The lowest BCUT2D eigenvalue weighted by Crippen LogP contribution is -2.58. The third-order valence-corrected chi connectivity index (χ3v) is 5.07. The van der Waals surface area contributed by atoms with Crippen molar-refractivity contribution in [2.45, 2.75) is 57.8 Å². The molecule has 21 heavy (non-hydrogen) atoms. The second-order valence-corrected chi connectivity index (χ2v) is 7.40. The molecular formula is C18H25N3. The lowest BCUT2D eigenvalue weighted by molar-refractivity contribution is 0.0116. The number of benzene rings is 1. The molecule has 2 heterocycles. The Kier molecular flexibility index (Phi) is 3.77. The molecule has 1 aromatic rings. The average molecular weight is 283 g/mol. The van der Waals surface area contributed by atoms with Gasteiger partial charge in [-0.25, -0.2) is 0 Å². The Morgan fingerprint density at radius 3 is 2.33 bits per heavy atom. The first-order valence-electron chi connectivity index (χ1n) is 7.98. The number of nitriles is 1. The maximum Gasteiger partial charge on any atom is 0.0995 e. The Balaban J connectivity index is 1.76. The smallest absolute Gasteiger partial charge is 0.0995 e. The second-order valence-electron chi connectivity index (χ2n) is 7.40. The van der Waals surface area contributed by atoms with Crippen molar-refractivity contribution in [1.29, 1.82) is 5.26 Å². The molecule has 0 N–H and O–H groups in total. The first-order chi connectivity index (χ1) is 9.99. The summed E-state index contributed by atoms with van der Waals surface area (Å²) in [6, 6.07) is 11.7. The van der Waals surface area contributed by atoms with Crippen molar-refractivity contribution in [3.63, 3.8) is 0 Å². The Hall–Kier alpha value is -1.37. The summed E-state index contributed by atoms with van der Waals surface area (Å²) >= 11 is 0. The van der Waals surface area contributed by atoms with Crippen LogP contribution in [0.5, 0.6) is 0 Å². The highest BCUT2D eigenvalue weighted by Gasteiger charge is 2.42. The average Bonchev–Trinajstić information content (AvgIpc) is 2.69. The lowest BCUT2D eigenvalue weighted by Gasteiger charge is -2.46. The van der Waals surface area contributed by atoms with E-state index in [-0.39, 0.29) is 5.54 Å². The molecule has 2 saturated heterocycles. The van der Waals surface area contributed by atoms with Gasteiger partial charge >= 0.3 is 0 Å². The number of nitrogens with zero attached hydrogens (tertiary/aromatic N) is 3. The molecular weight excluding hydrogens is 258 g/mol. The zero-order valence-corrected chi connectivity index (χ0v) is 13.3. The minimum atomic E-state index is 0.261. The fraction of sp³-hybridized carbons (Fsp3) is 0.611. The molecule has 2 bridgehead atoms. The molecule has 2 aliphatic heterocycles. The number of hydrogen-bond donors (Lipinski definition) is 0. The van der Waals surface area contributed by atoms with Crippen LogP contribution in [0.15, 0.2) is 24.3 Å². The Morgan fingerprint density at radius 2 is 1.76 bits per heavy atom. The first-order valence-corrected chi connectivity index (χ1v) is 7.98. The third kappa shape index (κ3) is 2.84. The standard InChI is InChI=1S/C18H25N3/c1-18(2,3)20-12-16-8-9-17(13-20)21(16)11-15-7-5-4-6-14(15)10-19/h4-7,16-17H,8-9,11-13H2,1-3H3. The summed E-state index contributed by atoms with van der Waals surface area (Å²) in [5, 5.41) is 9.27. The number of fused-ring (bicyclic) bond motifs is 2. The predicted octanol–water partition coefficient (Wildman–Crippen LogP) is 3.01. The van der Waals surface area contributed by atoms with Gasteiger partial charge in [-0.15, -0.1) is 0 Å². The normalized spacial score (nSPS) is 26.8. The Bertz CT molecular complexity index is 538. The fourth-order valence-corrected chi connectivity index (χ4v) is 3.76. The molecule has 2 unspecified atom stereocenters. The molecule has 0 spiro atoms. The van der Waals surface area contributed by atoms with Gasteiger partial charge in [-0.3, -0.25) is 9.80 Å². The predicted molar refractivity (Wildman–Crippen MR) is 84.8 cm³/mol. The number of likely N-dealkylation sites (tertiary alicyclic amines) is 1. The van der Waals surface area contributed by atoms with Crippen LogP contribution in [0.25, 0.3) is 0 Å². The van der Waals surface area contributed by atoms with Crippen LogP contribution in [-0.2, 0) is 6.54 Å². The summed E-state index contributed by atoms with van der Waals surface area (Å²) in [5.74, 6) is 0. The van der Waals surface area contributed by atoms with E-state index in [2.05, 4.69) is 42.7 Å². The van der Waals surface area contributed by atoms with Crippen molar-refractivity contribution in [3.05, 3.63) is 35.4 Å². The van der Waals surface area contributed by atoms with Crippen molar-refractivity contribution in [3.8, 4) is 6.07 Å². The summed E-state index contributed by atoms with van der Waals surface area (Å²) in [6.45, 7) is 10.2. The molecule has 0 radical (unpaired) electrons. The summed E-state index contributed by atoms with van der Waals surface area (Å²) < 4.78 is 0. The topological polar surface area (TPSA) is 30.3 Å². The third-order valence-electron chi connectivity index (χ3n) is 5.07. The van der Waals surface area contributed by atoms with Crippen LogP contribution in [-0.4, -0.2) is 40.5 Å². The molecule has 3 heteroatoms. The van der Waals surface area contributed by atoms with Crippen LogP contribution < -0.4 is 0 Å². The molecule has 0 saturated carbocycles. The van der Waals surface area contributed by atoms with Crippen molar-refractivity contribution in [2.24, 2.45) is 0 Å². The van der Waals surface area contributed by atoms with E-state index in [9.17, 15) is 5.26 Å². The summed E-state index contributed by atoms with van der Waals surface area (Å²) in [4.78, 5) is 5.26. The highest BCUT2D eigenvalue weighted by Crippen LogP contribution is 2.34. The van der Waals surface area contributed by atoms with E-state index in [0.717, 1.165) is 25.2 Å². The van der Waals surface area contributed by atoms with Gasteiger partial charge in [-0.2, -0.15) is 5.26 Å². The van der Waals surface area contributed by atoms with Crippen LogP contribution in [0, 0.1) is 11.3 Å². The summed E-state index contributed by atoms with van der Waals surface area (Å²) in [6.07, 6.45) is 2.60. The summed E-state index contributed by atoms with van der Waals surface area (Å²) in [7, 11) is 0. The van der Waals surface area contributed by atoms with E-state index in [0.29, 0.717) is 12.1 Å². The minimum Gasteiger partial charge on any atom is -0.295 e. The van der Waals surface area contributed by atoms with Gasteiger partial charge in [0.1, 0.15) is 0 Å². The van der Waals surface area contributed by atoms with Crippen LogP contribution in [0.3, 0.4) is 0 Å². The van der Waals surface area contributed by atoms with Gasteiger partial charge in [0, 0.05) is 37.3 Å². The zero-order chi connectivity index (χ0) is 15.0. The first kappa shape index (κ1) is 14.6. The molecule has 2 atom stereocenters. The van der Waals surface area contributed by atoms with E-state index >= 15 is 0 Å². The van der Waals surface area contributed by atoms with Crippen LogP contribution in [0.1, 0.15) is 44.7 Å². The van der Waals surface area contributed by atoms with Gasteiger partial charge in [-0.1, -0.05) is 18.2 Å². The Morgan fingerprint density at radius 1 is 1.14 bits per heavy atom. The molecule has 0 aromatic heterocycles. The molecule has 2 aliphatic rings.